The molecular formula is C7H12Si. The van der Waals surface area contributed by atoms with Crippen molar-refractivity contribution in [3.63, 3.8) is 0 Å². The van der Waals surface area contributed by atoms with E-state index in [1.165, 1.54) is 11.8 Å². The first-order valence-electron chi connectivity index (χ1n) is 3.45. The van der Waals surface area contributed by atoms with Crippen LogP contribution in [-0.2, 0) is 0 Å². The van der Waals surface area contributed by atoms with E-state index in [2.05, 4.69) is 0 Å². The Hall–Kier alpha value is 0.217. The lowest BCUT2D eigenvalue weighted by Gasteiger charge is -2.05. The van der Waals surface area contributed by atoms with E-state index in [1.54, 1.807) is 32.1 Å². The molecule has 0 amide bonds. The topological polar surface area (TPSA) is 0 Å². The van der Waals surface area contributed by atoms with Gasteiger partial charge in [-0.2, -0.15) is 0 Å². The van der Waals surface area contributed by atoms with Gasteiger partial charge in [0.2, 0.25) is 0 Å². The molecule has 2 rings (SSSR count). The van der Waals surface area contributed by atoms with Crippen LogP contribution in [0.4, 0.5) is 0 Å². The van der Waals surface area contributed by atoms with Crippen LogP contribution in [-0.4, -0.2) is 11.0 Å². The molecule has 0 saturated heterocycles. The Balaban J connectivity index is 0.000000320. The molecule has 0 aromatic carbocycles. The predicted molar refractivity (Wildman–Crippen MR) is 35.8 cm³/mol. The summed E-state index contributed by atoms with van der Waals surface area (Å²) >= 11 is 0. The molecule has 2 bridgehead atoms. The molecule has 0 unspecified atom stereocenters. The Morgan fingerprint density at radius 2 is 1.12 bits per heavy atom. The number of fused-ring (bicyclic) bond motifs is 2. The summed E-state index contributed by atoms with van der Waals surface area (Å²) in [4.78, 5) is 0. The largest absolute Gasteiger partial charge is 0.0502 e. The van der Waals surface area contributed by atoms with E-state index in [4.69, 9.17) is 0 Å². The van der Waals surface area contributed by atoms with Gasteiger partial charge < -0.3 is 0 Å². The minimum Gasteiger partial charge on any atom is -0.0502 e. The van der Waals surface area contributed by atoms with Crippen LogP contribution in [0.15, 0.2) is 0 Å². The first-order chi connectivity index (χ1) is 3.45. The number of hydrogen-bond donors (Lipinski definition) is 0. The van der Waals surface area contributed by atoms with Crippen LogP contribution < -0.4 is 0 Å². The Morgan fingerprint density at radius 3 is 1.25 bits per heavy atom. The van der Waals surface area contributed by atoms with Crippen LogP contribution in [0.2, 0.25) is 0 Å². The van der Waals surface area contributed by atoms with Crippen LogP contribution >= 0.6 is 0 Å². The lowest BCUT2D eigenvalue weighted by molar-refractivity contribution is 0.480. The molecule has 8 heavy (non-hydrogen) atoms. The Morgan fingerprint density at radius 1 is 0.750 bits per heavy atom. The fraction of sp³-hybridized carbons (Fsp3) is 1.00. The Kier molecular flexibility index (Phi) is 1.76. The number of rotatable bonds is 0. The van der Waals surface area contributed by atoms with Gasteiger partial charge >= 0.3 is 0 Å². The normalized spacial score (nSPS) is 42.0. The summed E-state index contributed by atoms with van der Waals surface area (Å²) < 4.78 is 0. The smallest absolute Gasteiger partial charge is 0 e. The molecule has 2 aliphatic carbocycles. The lowest BCUT2D eigenvalue weighted by atomic mass is 10.0. The zero-order valence-corrected chi connectivity index (χ0v) is 6.19. The maximum atomic E-state index is 1.58. The number of hydrogen-bond acceptors (Lipinski definition) is 0. The van der Waals surface area contributed by atoms with E-state index in [9.17, 15) is 0 Å². The van der Waals surface area contributed by atoms with Crippen molar-refractivity contribution in [2.24, 2.45) is 11.8 Å². The second kappa shape index (κ2) is 2.22. The zero-order valence-electron chi connectivity index (χ0n) is 5.19. The molecule has 4 radical (unpaired) electrons. The van der Waals surface area contributed by atoms with E-state index in [1.807, 2.05) is 0 Å². The third-order valence-corrected chi connectivity index (χ3v) is 2.63. The summed E-state index contributed by atoms with van der Waals surface area (Å²) in [7, 11) is 0. The van der Waals surface area contributed by atoms with Gasteiger partial charge in [0.15, 0.2) is 0 Å². The van der Waals surface area contributed by atoms with Crippen molar-refractivity contribution >= 4 is 11.0 Å². The van der Waals surface area contributed by atoms with Gasteiger partial charge in [-0.1, -0.05) is 25.7 Å². The first kappa shape index (κ1) is 6.34. The molecule has 44 valence electrons. The molecule has 2 fully saturated rings. The maximum Gasteiger partial charge on any atom is 0 e. The monoisotopic (exact) mass is 124 g/mol. The highest BCUT2D eigenvalue weighted by molar-refractivity contribution is 5.75. The molecule has 1 heteroatoms. The van der Waals surface area contributed by atoms with Crippen molar-refractivity contribution in [3.8, 4) is 0 Å². The molecule has 0 spiro atoms. The van der Waals surface area contributed by atoms with Gasteiger partial charge in [0.25, 0.3) is 0 Å². The minimum absolute atomic E-state index is 0. The van der Waals surface area contributed by atoms with Gasteiger partial charge in [-0.15, -0.1) is 0 Å². The molecule has 0 aromatic heterocycles. The summed E-state index contributed by atoms with van der Waals surface area (Å²) in [5.41, 5.74) is 0. The van der Waals surface area contributed by atoms with E-state index in [-0.39, 0.29) is 11.0 Å². The van der Waals surface area contributed by atoms with Crippen molar-refractivity contribution < 1.29 is 0 Å². The standard InChI is InChI=1S/C7H12.Si/c1-2-7-4-3-6(1)5-7;/h6-7H,1-5H2;. The predicted octanol–water partition coefficient (Wildman–Crippen LogP) is 1.82. The van der Waals surface area contributed by atoms with Crippen LogP contribution in [0.1, 0.15) is 32.1 Å². The summed E-state index contributed by atoms with van der Waals surface area (Å²) in [5, 5.41) is 0. The lowest BCUT2D eigenvalue weighted by Crippen LogP contribution is -1.90. The molecule has 0 heterocycles. The molecule has 0 aromatic rings. The van der Waals surface area contributed by atoms with Crippen LogP contribution in [0.3, 0.4) is 0 Å². The fourth-order valence-corrected chi connectivity index (χ4v) is 2.17. The maximum absolute atomic E-state index is 1.58. The highest BCUT2D eigenvalue weighted by Gasteiger charge is 2.30. The zero-order chi connectivity index (χ0) is 4.69. The van der Waals surface area contributed by atoms with Gasteiger partial charge in [0, 0.05) is 11.0 Å². The molecule has 0 nitrogen and oxygen atoms in total. The summed E-state index contributed by atoms with van der Waals surface area (Å²) in [6.45, 7) is 0. The second-order valence-electron chi connectivity index (χ2n) is 3.12. The van der Waals surface area contributed by atoms with Gasteiger partial charge in [-0.3, -0.25) is 0 Å². The van der Waals surface area contributed by atoms with Gasteiger partial charge in [-0.25, -0.2) is 0 Å². The molecular weight excluding hydrogens is 112 g/mol. The quantitative estimate of drug-likeness (QED) is 0.432. The van der Waals surface area contributed by atoms with Crippen LogP contribution in [0.5, 0.6) is 0 Å². The summed E-state index contributed by atoms with van der Waals surface area (Å²) in [6, 6.07) is 0. The second-order valence-corrected chi connectivity index (χ2v) is 3.12. The van der Waals surface area contributed by atoms with Gasteiger partial charge in [0.1, 0.15) is 0 Å². The van der Waals surface area contributed by atoms with Crippen molar-refractivity contribution in [1.29, 1.82) is 0 Å². The molecule has 2 saturated carbocycles. The average Bonchev–Trinajstić information content (AvgIpc) is 2.22. The minimum atomic E-state index is 0. The van der Waals surface area contributed by atoms with E-state index < -0.39 is 0 Å². The van der Waals surface area contributed by atoms with E-state index >= 15 is 0 Å². The Labute approximate surface area is 55.7 Å². The third-order valence-electron chi connectivity index (χ3n) is 2.63. The third kappa shape index (κ3) is 0.837. The van der Waals surface area contributed by atoms with E-state index in [0.29, 0.717) is 0 Å². The van der Waals surface area contributed by atoms with Crippen molar-refractivity contribution in [3.05, 3.63) is 0 Å². The molecule has 2 aliphatic rings. The van der Waals surface area contributed by atoms with E-state index in [0.717, 1.165) is 0 Å². The van der Waals surface area contributed by atoms with Crippen molar-refractivity contribution in [2.75, 3.05) is 0 Å². The summed E-state index contributed by atoms with van der Waals surface area (Å²) in [5.74, 6) is 2.34. The van der Waals surface area contributed by atoms with Crippen LogP contribution in [0, 0.1) is 11.8 Å². The highest BCUT2D eigenvalue weighted by Crippen LogP contribution is 2.43. The molecule has 0 atom stereocenters. The highest BCUT2D eigenvalue weighted by atomic mass is 28.1. The SMILES string of the molecule is C1CC2CCC1C2.[Si]. The summed E-state index contributed by atoms with van der Waals surface area (Å²) in [6.07, 6.45) is 7.82. The van der Waals surface area contributed by atoms with Gasteiger partial charge in [0.05, 0.1) is 0 Å². The van der Waals surface area contributed by atoms with Gasteiger partial charge in [-0.05, 0) is 18.3 Å². The Bertz CT molecular complexity index is 62.5. The fourth-order valence-electron chi connectivity index (χ4n) is 2.17. The first-order valence-corrected chi connectivity index (χ1v) is 3.45. The average molecular weight is 124 g/mol. The van der Waals surface area contributed by atoms with Crippen molar-refractivity contribution in [2.45, 2.75) is 32.1 Å². The molecule has 0 aliphatic heterocycles. The van der Waals surface area contributed by atoms with Crippen LogP contribution in [0.25, 0.3) is 0 Å². The van der Waals surface area contributed by atoms with Crippen molar-refractivity contribution in [1.82, 2.24) is 0 Å². The molecule has 0 N–H and O–H groups in total.